The van der Waals surface area contributed by atoms with Crippen molar-refractivity contribution < 1.29 is 26.2 Å². The molecule has 0 amide bonds. The van der Waals surface area contributed by atoms with Gasteiger partial charge in [-0.15, -0.1) is 0 Å². The van der Waals surface area contributed by atoms with E-state index in [1.165, 1.54) is 24.3 Å². The molecule has 0 saturated carbocycles. The SMILES string of the molecule is O=C(c1ccc(Cl)cc1)c1ccc(OS(=O)(=O)c2ccc(F)c(F)c2)cc1. The summed E-state index contributed by atoms with van der Waals surface area (Å²) in [4.78, 5) is 11.8. The maximum Gasteiger partial charge on any atom is 0.339 e. The zero-order valence-electron chi connectivity index (χ0n) is 13.5. The number of ketones is 1. The Kier molecular flexibility index (Phi) is 5.25. The Morgan fingerprint density at radius 2 is 1.37 bits per heavy atom. The molecule has 8 heteroatoms. The predicted octanol–water partition coefficient (Wildman–Crippen LogP) is 4.62. The first-order valence-electron chi connectivity index (χ1n) is 7.56. The molecule has 138 valence electrons. The number of rotatable bonds is 5. The van der Waals surface area contributed by atoms with Crippen molar-refractivity contribution in [3.05, 3.63) is 94.5 Å². The van der Waals surface area contributed by atoms with E-state index in [0.29, 0.717) is 28.3 Å². The van der Waals surface area contributed by atoms with E-state index in [1.807, 2.05) is 0 Å². The van der Waals surface area contributed by atoms with Crippen LogP contribution in [-0.4, -0.2) is 14.2 Å². The second kappa shape index (κ2) is 7.46. The molecule has 0 spiro atoms. The molecule has 4 nitrogen and oxygen atoms in total. The van der Waals surface area contributed by atoms with E-state index < -0.39 is 26.6 Å². The van der Waals surface area contributed by atoms with Gasteiger partial charge < -0.3 is 4.18 Å². The molecule has 0 N–H and O–H groups in total. The average Bonchev–Trinajstić information content (AvgIpc) is 2.64. The maximum atomic E-state index is 13.2. The Morgan fingerprint density at radius 3 is 1.93 bits per heavy atom. The molecule has 0 atom stereocenters. The fourth-order valence-electron chi connectivity index (χ4n) is 2.24. The number of hydrogen-bond donors (Lipinski definition) is 0. The minimum Gasteiger partial charge on any atom is -0.379 e. The van der Waals surface area contributed by atoms with Gasteiger partial charge in [0.05, 0.1) is 0 Å². The Morgan fingerprint density at radius 1 is 0.815 bits per heavy atom. The van der Waals surface area contributed by atoms with Crippen LogP contribution in [0.25, 0.3) is 0 Å². The van der Waals surface area contributed by atoms with Crippen LogP contribution in [0, 0.1) is 11.6 Å². The van der Waals surface area contributed by atoms with Crippen LogP contribution in [-0.2, 0) is 10.1 Å². The van der Waals surface area contributed by atoms with E-state index in [1.54, 1.807) is 24.3 Å². The van der Waals surface area contributed by atoms with Gasteiger partial charge in [0.2, 0.25) is 0 Å². The minimum atomic E-state index is -4.35. The van der Waals surface area contributed by atoms with Crippen LogP contribution in [0.5, 0.6) is 5.75 Å². The first kappa shape index (κ1) is 19.0. The van der Waals surface area contributed by atoms with E-state index >= 15 is 0 Å². The molecule has 3 rings (SSSR count). The van der Waals surface area contributed by atoms with Gasteiger partial charge >= 0.3 is 10.1 Å². The van der Waals surface area contributed by atoms with Gasteiger partial charge in [-0.05, 0) is 66.7 Å². The molecule has 0 saturated heterocycles. The number of halogens is 3. The first-order valence-corrected chi connectivity index (χ1v) is 9.35. The van der Waals surface area contributed by atoms with Gasteiger partial charge in [-0.25, -0.2) is 8.78 Å². The molecule has 0 aliphatic carbocycles. The molecule has 3 aromatic rings. The lowest BCUT2D eigenvalue weighted by molar-refractivity contribution is 0.103. The van der Waals surface area contributed by atoms with E-state index in [9.17, 15) is 22.0 Å². The van der Waals surface area contributed by atoms with Gasteiger partial charge in [-0.1, -0.05) is 11.6 Å². The maximum absolute atomic E-state index is 13.2. The van der Waals surface area contributed by atoms with Gasteiger partial charge in [0.15, 0.2) is 17.4 Å². The molecule has 0 unspecified atom stereocenters. The summed E-state index contributed by atoms with van der Waals surface area (Å²) >= 11 is 5.78. The molecule has 0 bridgehead atoms. The topological polar surface area (TPSA) is 60.4 Å². The third-order valence-electron chi connectivity index (χ3n) is 3.61. The van der Waals surface area contributed by atoms with Crippen molar-refractivity contribution in [3.8, 4) is 5.75 Å². The number of hydrogen-bond acceptors (Lipinski definition) is 4. The molecule has 0 fully saturated rings. The van der Waals surface area contributed by atoms with E-state index in [0.717, 1.165) is 6.07 Å². The zero-order valence-corrected chi connectivity index (χ0v) is 15.1. The highest BCUT2D eigenvalue weighted by Crippen LogP contribution is 2.22. The first-order chi connectivity index (χ1) is 12.8. The summed E-state index contributed by atoms with van der Waals surface area (Å²) in [5, 5.41) is 0.498. The lowest BCUT2D eigenvalue weighted by Gasteiger charge is -2.08. The zero-order chi connectivity index (χ0) is 19.6. The van der Waals surface area contributed by atoms with Crippen LogP contribution >= 0.6 is 11.6 Å². The molecular weight excluding hydrogens is 398 g/mol. The largest absolute Gasteiger partial charge is 0.379 e. The normalized spacial score (nSPS) is 11.2. The predicted molar refractivity (Wildman–Crippen MR) is 95.5 cm³/mol. The molecule has 3 aromatic carbocycles. The van der Waals surface area contributed by atoms with Gasteiger partial charge in [0.25, 0.3) is 0 Å². The molecule has 0 aliphatic rings. The van der Waals surface area contributed by atoms with Gasteiger partial charge in [0.1, 0.15) is 10.6 Å². The fraction of sp³-hybridized carbons (Fsp3) is 0. The summed E-state index contributed by atoms with van der Waals surface area (Å²) in [5.74, 6) is -2.82. The quantitative estimate of drug-likeness (QED) is 0.456. The Hall–Kier alpha value is -2.77. The number of carbonyl (C=O) groups excluding carboxylic acids is 1. The van der Waals surface area contributed by atoms with Crippen LogP contribution < -0.4 is 4.18 Å². The van der Waals surface area contributed by atoms with Crippen molar-refractivity contribution in [1.82, 2.24) is 0 Å². The molecule has 27 heavy (non-hydrogen) atoms. The van der Waals surface area contributed by atoms with Crippen LogP contribution in [0.15, 0.2) is 71.6 Å². The van der Waals surface area contributed by atoms with Gasteiger partial charge in [0, 0.05) is 16.1 Å². The fourth-order valence-corrected chi connectivity index (χ4v) is 3.31. The highest BCUT2D eigenvalue weighted by Gasteiger charge is 2.19. The summed E-state index contributed by atoms with van der Waals surface area (Å²) in [6, 6.07) is 13.8. The standard InChI is InChI=1S/C19H11ClF2O4S/c20-14-5-1-12(2-6-14)19(23)13-3-7-15(8-4-13)26-27(24,25)16-9-10-17(21)18(22)11-16/h1-11H. The lowest BCUT2D eigenvalue weighted by atomic mass is 10.0. The van der Waals surface area contributed by atoms with Crippen molar-refractivity contribution in [2.45, 2.75) is 4.90 Å². The number of carbonyl (C=O) groups is 1. The third kappa shape index (κ3) is 4.32. The summed E-state index contributed by atoms with van der Waals surface area (Å²) < 4.78 is 55.4. The van der Waals surface area contributed by atoms with Gasteiger partial charge in [-0.2, -0.15) is 8.42 Å². The Labute approximate surface area is 159 Å². The van der Waals surface area contributed by atoms with Crippen LogP contribution in [0.4, 0.5) is 8.78 Å². The molecule has 0 aromatic heterocycles. The lowest BCUT2D eigenvalue weighted by Crippen LogP contribution is -2.10. The average molecular weight is 409 g/mol. The highest BCUT2D eigenvalue weighted by atomic mass is 35.5. The summed E-state index contributed by atoms with van der Waals surface area (Å²) in [6.07, 6.45) is 0. The van der Waals surface area contributed by atoms with E-state index in [4.69, 9.17) is 15.8 Å². The third-order valence-corrected chi connectivity index (χ3v) is 5.10. The summed E-state index contributed by atoms with van der Waals surface area (Å²) in [5.41, 5.74) is 0.734. The Balaban J connectivity index is 1.79. The van der Waals surface area contributed by atoms with Crippen molar-refractivity contribution in [2.75, 3.05) is 0 Å². The van der Waals surface area contributed by atoms with Crippen molar-refractivity contribution >= 4 is 27.5 Å². The summed E-state index contributed by atoms with van der Waals surface area (Å²) in [7, 11) is -4.35. The van der Waals surface area contributed by atoms with Crippen LogP contribution in [0.2, 0.25) is 5.02 Å². The Bertz CT molecular complexity index is 1100. The van der Waals surface area contributed by atoms with E-state index in [2.05, 4.69) is 0 Å². The molecule has 0 radical (unpaired) electrons. The van der Waals surface area contributed by atoms with E-state index in [-0.39, 0.29) is 11.5 Å². The van der Waals surface area contributed by atoms with Crippen molar-refractivity contribution in [3.63, 3.8) is 0 Å². The van der Waals surface area contributed by atoms with Crippen molar-refractivity contribution in [2.24, 2.45) is 0 Å². The minimum absolute atomic E-state index is 0.0765. The number of benzene rings is 3. The monoisotopic (exact) mass is 408 g/mol. The second-order valence-electron chi connectivity index (χ2n) is 5.47. The van der Waals surface area contributed by atoms with Crippen LogP contribution in [0.3, 0.4) is 0 Å². The molecular formula is C19H11ClF2O4S. The van der Waals surface area contributed by atoms with Crippen molar-refractivity contribution in [1.29, 1.82) is 0 Å². The summed E-state index contributed by atoms with van der Waals surface area (Å²) in [6.45, 7) is 0. The molecule has 0 heterocycles. The van der Waals surface area contributed by atoms with Crippen LogP contribution in [0.1, 0.15) is 15.9 Å². The highest BCUT2D eigenvalue weighted by molar-refractivity contribution is 7.87. The molecule has 0 aliphatic heterocycles. The second-order valence-corrected chi connectivity index (χ2v) is 7.46. The van der Waals surface area contributed by atoms with Gasteiger partial charge in [-0.3, -0.25) is 4.79 Å². The smallest absolute Gasteiger partial charge is 0.339 e.